The Morgan fingerprint density at radius 3 is 2.80 bits per heavy atom. The van der Waals surface area contributed by atoms with Crippen LogP contribution in [-0.4, -0.2) is 25.9 Å². The van der Waals surface area contributed by atoms with Crippen molar-refractivity contribution in [3.63, 3.8) is 0 Å². The summed E-state index contributed by atoms with van der Waals surface area (Å²) in [4.78, 5) is 7.97. The van der Waals surface area contributed by atoms with Gasteiger partial charge in [-0.05, 0) is 24.1 Å². The van der Waals surface area contributed by atoms with Crippen LogP contribution < -0.4 is 5.73 Å². The fraction of sp³-hybridized carbons (Fsp3) is 0.222. The van der Waals surface area contributed by atoms with Gasteiger partial charge in [-0.15, -0.1) is 5.10 Å². The minimum atomic E-state index is 0.362. The molecule has 0 aliphatic heterocycles. The average Bonchev–Trinajstić information content (AvgIpc) is 2.66. The lowest BCUT2D eigenvalue weighted by Crippen LogP contribution is -1.89. The molecule has 6 heteroatoms. The molecular weight excluding hydrogens is 210 g/mol. The molecule has 0 fully saturated rings. The average molecular weight is 221 g/mol. The van der Waals surface area contributed by atoms with Gasteiger partial charge < -0.3 is 5.73 Å². The molecule has 0 aliphatic rings. The molecular formula is C9H11N5S. The Bertz CT molecular complexity index is 413. The summed E-state index contributed by atoms with van der Waals surface area (Å²) in [7, 11) is 0. The normalized spacial score (nSPS) is 10.4. The van der Waals surface area contributed by atoms with E-state index in [0.717, 1.165) is 12.2 Å². The van der Waals surface area contributed by atoms with Crippen LogP contribution in [0, 0.1) is 0 Å². The van der Waals surface area contributed by atoms with Gasteiger partial charge in [0.25, 0.3) is 0 Å². The lowest BCUT2D eigenvalue weighted by molar-refractivity contribution is 0.970. The van der Waals surface area contributed by atoms with E-state index in [9.17, 15) is 0 Å². The highest BCUT2D eigenvalue weighted by Gasteiger charge is 2.00. The van der Waals surface area contributed by atoms with Crippen molar-refractivity contribution in [2.45, 2.75) is 11.6 Å². The topological polar surface area (TPSA) is 80.5 Å². The van der Waals surface area contributed by atoms with E-state index < -0.39 is 0 Å². The standard InChI is InChI=1S/C9H11N5S/c10-8-12-9(14-13-8)15-6-3-7-1-4-11-5-2-7/h1-2,4-5H,3,6H2,(H3,10,12,13,14). The number of H-pyrrole nitrogens is 1. The first-order chi connectivity index (χ1) is 7.34. The van der Waals surface area contributed by atoms with Crippen LogP contribution in [0.15, 0.2) is 29.7 Å². The lowest BCUT2D eigenvalue weighted by atomic mass is 10.2. The number of rotatable bonds is 4. The SMILES string of the molecule is Nc1nc(SCCc2ccncc2)n[nH]1. The molecule has 0 aromatic carbocycles. The predicted octanol–water partition coefficient (Wildman–Crippen LogP) is 1.12. The van der Waals surface area contributed by atoms with Gasteiger partial charge >= 0.3 is 0 Å². The summed E-state index contributed by atoms with van der Waals surface area (Å²) in [5.74, 6) is 1.29. The van der Waals surface area contributed by atoms with Crippen molar-refractivity contribution >= 4 is 17.7 Å². The molecule has 0 atom stereocenters. The van der Waals surface area contributed by atoms with Gasteiger partial charge in [-0.2, -0.15) is 4.98 Å². The van der Waals surface area contributed by atoms with E-state index in [1.807, 2.05) is 12.1 Å². The van der Waals surface area contributed by atoms with Crippen LogP contribution >= 0.6 is 11.8 Å². The van der Waals surface area contributed by atoms with Gasteiger partial charge in [0.2, 0.25) is 11.1 Å². The number of aryl methyl sites for hydroxylation is 1. The zero-order valence-corrected chi connectivity index (χ0v) is 8.87. The minimum absolute atomic E-state index is 0.362. The summed E-state index contributed by atoms with van der Waals surface area (Å²) >= 11 is 1.58. The number of nitrogens with one attached hydrogen (secondary N) is 1. The highest BCUT2D eigenvalue weighted by Crippen LogP contribution is 2.14. The zero-order chi connectivity index (χ0) is 10.5. The van der Waals surface area contributed by atoms with Crippen LogP contribution in [0.5, 0.6) is 0 Å². The van der Waals surface area contributed by atoms with Gasteiger partial charge in [-0.1, -0.05) is 11.8 Å². The van der Waals surface area contributed by atoms with E-state index in [2.05, 4.69) is 20.2 Å². The Morgan fingerprint density at radius 1 is 1.33 bits per heavy atom. The first kappa shape index (κ1) is 9.97. The van der Waals surface area contributed by atoms with Crippen molar-refractivity contribution in [3.8, 4) is 0 Å². The van der Waals surface area contributed by atoms with Crippen molar-refractivity contribution in [3.05, 3.63) is 30.1 Å². The highest BCUT2D eigenvalue weighted by atomic mass is 32.2. The number of thioether (sulfide) groups is 1. The van der Waals surface area contributed by atoms with Gasteiger partial charge in [0.1, 0.15) is 0 Å². The molecule has 0 bridgehead atoms. The van der Waals surface area contributed by atoms with Crippen molar-refractivity contribution in [1.29, 1.82) is 0 Å². The van der Waals surface area contributed by atoms with Gasteiger partial charge in [-0.3, -0.25) is 4.98 Å². The number of pyridine rings is 1. The highest BCUT2D eigenvalue weighted by molar-refractivity contribution is 7.99. The Morgan fingerprint density at radius 2 is 2.13 bits per heavy atom. The minimum Gasteiger partial charge on any atom is -0.368 e. The Labute approximate surface area is 91.5 Å². The number of nitrogens with two attached hydrogens (primary N) is 1. The predicted molar refractivity (Wildman–Crippen MR) is 59.5 cm³/mol. The fourth-order valence-corrected chi connectivity index (χ4v) is 1.93. The summed E-state index contributed by atoms with van der Waals surface area (Å²) in [6, 6.07) is 4.01. The molecule has 0 unspecified atom stereocenters. The first-order valence-corrected chi connectivity index (χ1v) is 5.53. The monoisotopic (exact) mass is 221 g/mol. The Balaban J connectivity index is 1.80. The van der Waals surface area contributed by atoms with Crippen molar-refractivity contribution in [2.75, 3.05) is 11.5 Å². The molecule has 0 aliphatic carbocycles. The molecule has 2 aromatic heterocycles. The number of nitrogen functional groups attached to an aromatic ring is 1. The second kappa shape index (κ2) is 4.79. The van der Waals surface area contributed by atoms with Crippen molar-refractivity contribution in [2.24, 2.45) is 0 Å². The molecule has 5 nitrogen and oxygen atoms in total. The van der Waals surface area contributed by atoms with E-state index >= 15 is 0 Å². The molecule has 0 saturated heterocycles. The molecule has 2 rings (SSSR count). The molecule has 0 amide bonds. The summed E-state index contributed by atoms with van der Waals surface area (Å²) in [6.07, 6.45) is 4.57. The van der Waals surface area contributed by atoms with Gasteiger partial charge in [0.15, 0.2) is 0 Å². The molecule has 2 heterocycles. The number of nitrogens with zero attached hydrogens (tertiary/aromatic N) is 3. The fourth-order valence-electron chi connectivity index (χ4n) is 1.13. The number of aromatic nitrogens is 4. The van der Waals surface area contributed by atoms with Crippen molar-refractivity contribution < 1.29 is 0 Å². The molecule has 0 radical (unpaired) electrons. The molecule has 3 N–H and O–H groups in total. The third-order valence-electron chi connectivity index (χ3n) is 1.85. The summed E-state index contributed by atoms with van der Waals surface area (Å²) in [5, 5.41) is 7.24. The second-order valence-electron chi connectivity index (χ2n) is 2.96. The van der Waals surface area contributed by atoms with Gasteiger partial charge in [-0.25, -0.2) is 5.10 Å². The number of hydrogen-bond donors (Lipinski definition) is 2. The largest absolute Gasteiger partial charge is 0.368 e. The van der Waals surface area contributed by atoms with Gasteiger partial charge in [0.05, 0.1) is 0 Å². The molecule has 15 heavy (non-hydrogen) atoms. The van der Waals surface area contributed by atoms with Crippen molar-refractivity contribution in [1.82, 2.24) is 20.2 Å². The van der Waals surface area contributed by atoms with Crippen LogP contribution in [-0.2, 0) is 6.42 Å². The van der Waals surface area contributed by atoms with Crippen LogP contribution in [0.1, 0.15) is 5.56 Å². The van der Waals surface area contributed by atoms with Crippen LogP contribution in [0.4, 0.5) is 5.95 Å². The Hall–Kier alpha value is -1.56. The van der Waals surface area contributed by atoms with E-state index in [4.69, 9.17) is 5.73 Å². The maximum absolute atomic E-state index is 5.41. The second-order valence-corrected chi connectivity index (χ2v) is 4.02. The van der Waals surface area contributed by atoms with Crippen LogP contribution in [0.25, 0.3) is 0 Å². The number of hydrogen-bond acceptors (Lipinski definition) is 5. The summed E-state index contributed by atoms with van der Waals surface area (Å²) < 4.78 is 0. The van der Waals surface area contributed by atoms with E-state index in [0.29, 0.717) is 11.1 Å². The quantitative estimate of drug-likeness (QED) is 0.756. The first-order valence-electron chi connectivity index (χ1n) is 4.54. The number of aromatic amines is 1. The lowest BCUT2D eigenvalue weighted by Gasteiger charge is -1.97. The maximum atomic E-state index is 5.41. The van der Waals surface area contributed by atoms with Gasteiger partial charge in [0, 0.05) is 18.1 Å². The molecule has 2 aromatic rings. The summed E-state index contributed by atoms with van der Waals surface area (Å²) in [6.45, 7) is 0. The molecule has 0 spiro atoms. The maximum Gasteiger partial charge on any atom is 0.216 e. The third kappa shape index (κ3) is 2.95. The zero-order valence-electron chi connectivity index (χ0n) is 8.05. The van der Waals surface area contributed by atoms with E-state index in [-0.39, 0.29) is 0 Å². The number of anilines is 1. The van der Waals surface area contributed by atoms with E-state index in [1.165, 1.54) is 5.56 Å². The molecule has 0 saturated carbocycles. The third-order valence-corrected chi connectivity index (χ3v) is 2.70. The van der Waals surface area contributed by atoms with Crippen LogP contribution in [0.2, 0.25) is 0 Å². The summed E-state index contributed by atoms with van der Waals surface area (Å²) in [5.41, 5.74) is 6.68. The molecule has 78 valence electrons. The Kier molecular flexibility index (Phi) is 3.18. The smallest absolute Gasteiger partial charge is 0.216 e. The van der Waals surface area contributed by atoms with E-state index in [1.54, 1.807) is 24.2 Å². The van der Waals surface area contributed by atoms with Crippen LogP contribution in [0.3, 0.4) is 0 Å².